The van der Waals surface area contributed by atoms with Gasteiger partial charge in [0.25, 0.3) is 5.91 Å². The molecule has 0 aliphatic rings. The van der Waals surface area contributed by atoms with E-state index in [-0.39, 0.29) is 23.9 Å². The summed E-state index contributed by atoms with van der Waals surface area (Å²) in [6, 6.07) is 27.7. The van der Waals surface area contributed by atoms with Gasteiger partial charge in [-0.3, -0.25) is 4.79 Å². The van der Waals surface area contributed by atoms with Crippen molar-refractivity contribution >= 4 is 17.7 Å². The van der Waals surface area contributed by atoms with E-state index in [0.717, 1.165) is 11.3 Å². The van der Waals surface area contributed by atoms with Crippen LogP contribution in [0.1, 0.15) is 27.6 Å². The molecule has 154 valence electrons. The van der Waals surface area contributed by atoms with Crippen molar-refractivity contribution in [1.29, 1.82) is 0 Å². The van der Waals surface area contributed by atoms with E-state index in [9.17, 15) is 9.59 Å². The molecular formula is C25H21N3O3. The van der Waals surface area contributed by atoms with Crippen LogP contribution in [0, 0.1) is 0 Å². The highest BCUT2D eigenvalue weighted by atomic mass is 16.5. The fourth-order valence-corrected chi connectivity index (χ4v) is 3.29. The van der Waals surface area contributed by atoms with Gasteiger partial charge >= 0.3 is 5.97 Å². The molecular weight excluding hydrogens is 390 g/mol. The first-order valence-corrected chi connectivity index (χ1v) is 9.96. The molecule has 0 bridgehead atoms. The predicted octanol–water partition coefficient (Wildman–Crippen LogP) is 4.97. The Morgan fingerprint density at radius 3 is 2.06 bits per heavy atom. The van der Waals surface area contributed by atoms with Crippen LogP contribution in [0.4, 0.5) is 5.82 Å². The summed E-state index contributed by atoms with van der Waals surface area (Å²) >= 11 is 0. The second kappa shape index (κ2) is 9.09. The number of rotatable bonds is 6. The van der Waals surface area contributed by atoms with Gasteiger partial charge in [-0.25, -0.2) is 9.48 Å². The minimum Gasteiger partial charge on any atom is -0.462 e. The van der Waals surface area contributed by atoms with Gasteiger partial charge in [0.05, 0.1) is 18.0 Å². The smallest absolute Gasteiger partial charge is 0.344 e. The Hall–Kier alpha value is -4.19. The predicted molar refractivity (Wildman–Crippen MR) is 119 cm³/mol. The van der Waals surface area contributed by atoms with E-state index in [1.807, 2.05) is 66.7 Å². The molecule has 0 aliphatic carbocycles. The van der Waals surface area contributed by atoms with Crippen LogP contribution in [0.2, 0.25) is 0 Å². The number of carbonyl (C=O) groups excluding carboxylic acids is 2. The van der Waals surface area contributed by atoms with Gasteiger partial charge in [0, 0.05) is 11.1 Å². The largest absolute Gasteiger partial charge is 0.462 e. The van der Waals surface area contributed by atoms with E-state index >= 15 is 0 Å². The number of anilines is 1. The van der Waals surface area contributed by atoms with Crippen LogP contribution in [-0.2, 0) is 4.74 Å². The van der Waals surface area contributed by atoms with Crippen molar-refractivity contribution in [2.75, 3.05) is 11.9 Å². The summed E-state index contributed by atoms with van der Waals surface area (Å²) in [5.41, 5.74) is 2.76. The normalized spacial score (nSPS) is 10.5. The van der Waals surface area contributed by atoms with E-state index in [1.54, 1.807) is 35.9 Å². The van der Waals surface area contributed by atoms with Crippen LogP contribution in [0.25, 0.3) is 16.9 Å². The van der Waals surface area contributed by atoms with Gasteiger partial charge in [-0.05, 0) is 31.2 Å². The average Bonchev–Trinajstić information content (AvgIpc) is 3.20. The second-order valence-corrected chi connectivity index (χ2v) is 6.73. The van der Waals surface area contributed by atoms with Gasteiger partial charge in [-0.1, -0.05) is 66.7 Å². The number of hydrogen-bond donors (Lipinski definition) is 1. The van der Waals surface area contributed by atoms with Crippen LogP contribution in [-0.4, -0.2) is 28.3 Å². The third-order valence-electron chi connectivity index (χ3n) is 4.68. The average molecular weight is 411 g/mol. The molecule has 0 unspecified atom stereocenters. The summed E-state index contributed by atoms with van der Waals surface area (Å²) in [6.45, 7) is 1.94. The van der Waals surface area contributed by atoms with Crippen molar-refractivity contribution in [2.24, 2.45) is 0 Å². The number of benzene rings is 3. The zero-order chi connectivity index (χ0) is 21.6. The first kappa shape index (κ1) is 20.1. The number of esters is 1. The third kappa shape index (κ3) is 4.23. The minimum atomic E-state index is -0.549. The Morgan fingerprint density at radius 2 is 1.45 bits per heavy atom. The van der Waals surface area contributed by atoms with Crippen LogP contribution in [0.3, 0.4) is 0 Å². The zero-order valence-electron chi connectivity index (χ0n) is 17.0. The molecule has 0 aliphatic heterocycles. The topological polar surface area (TPSA) is 73.2 Å². The quantitative estimate of drug-likeness (QED) is 0.455. The van der Waals surface area contributed by atoms with Crippen LogP contribution in [0.5, 0.6) is 0 Å². The van der Waals surface area contributed by atoms with Crippen molar-refractivity contribution in [2.45, 2.75) is 6.92 Å². The fourth-order valence-electron chi connectivity index (χ4n) is 3.29. The summed E-state index contributed by atoms with van der Waals surface area (Å²) in [4.78, 5) is 25.8. The SMILES string of the molecule is CCOC(=O)c1c(NC(=O)c2ccccc2)nn(-c2ccccc2)c1-c1ccccc1. The van der Waals surface area contributed by atoms with Crippen molar-refractivity contribution in [3.63, 3.8) is 0 Å². The van der Waals surface area contributed by atoms with Gasteiger partial charge in [-0.15, -0.1) is 5.10 Å². The summed E-state index contributed by atoms with van der Waals surface area (Å²) in [5.74, 6) is -0.759. The molecule has 0 spiro atoms. The van der Waals surface area contributed by atoms with Gasteiger partial charge in [0.15, 0.2) is 5.82 Å². The number of amides is 1. The fraction of sp³-hybridized carbons (Fsp3) is 0.0800. The molecule has 1 aromatic heterocycles. The van der Waals surface area contributed by atoms with Gasteiger partial charge in [0.1, 0.15) is 5.56 Å². The summed E-state index contributed by atoms with van der Waals surface area (Å²) in [7, 11) is 0. The maximum Gasteiger partial charge on any atom is 0.344 e. The van der Waals surface area contributed by atoms with Crippen LogP contribution in [0.15, 0.2) is 91.0 Å². The molecule has 1 N–H and O–H groups in total. The Bertz CT molecular complexity index is 1190. The third-order valence-corrected chi connectivity index (χ3v) is 4.68. The molecule has 4 aromatic rings. The summed E-state index contributed by atoms with van der Waals surface area (Å²) < 4.78 is 6.98. The molecule has 3 aromatic carbocycles. The lowest BCUT2D eigenvalue weighted by molar-refractivity contribution is 0.0528. The minimum absolute atomic E-state index is 0.148. The highest BCUT2D eigenvalue weighted by molar-refractivity contribution is 6.09. The number of aromatic nitrogens is 2. The van der Waals surface area contributed by atoms with Crippen molar-refractivity contribution < 1.29 is 14.3 Å². The number of hydrogen-bond acceptors (Lipinski definition) is 4. The number of para-hydroxylation sites is 1. The Morgan fingerprint density at radius 1 is 0.871 bits per heavy atom. The molecule has 4 rings (SSSR count). The lowest BCUT2D eigenvalue weighted by atomic mass is 10.1. The molecule has 0 atom stereocenters. The maximum atomic E-state index is 13.0. The molecule has 0 fully saturated rings. The van der Waals surface area contributed by atoms with Crippen molar-refractivity contribution in [3.8, 4) is 16.9 Å². The van der Waals surface area contributed by atoms with Crippen LogP contribution < -0.4 is 5.32 Å². The van der Waals surface area contributed by atoms with E-state index in [1.165, 1.54) is 0 Å². The molecule has 1 amide bonds. The van der Waals surface area contributed by atoms with Gasteiger partial charge in [0.2, 0.25) is 0 Å². The lowest BCUT2D eigenvalue weighted by Crippen LogP contribution is -2.15. The number of ether oxygens (including phenoxy) is 1. The monoisotopic (exact) mass is 411 g/mol. The lowest BCUT2D eigenvalue weighted by Gasteiger charge is -2.10. The number of nitrogens with one attached hydrogen (secondary N) is 1. The van der Waals surface area contributed by atoms with Crippen molar-refractivity contribution in [1.82, 2.24) is 9.78 Å². The highest BCUT2D eigenvalue weighted by Crippen LogP contribution is 2.32. The van der Waals surface area contributed by atoms with E-state index in [0.29, 0.717) is 11.3 Å². The van der Waals surface area contributed by atoms with E-state index < -0.39 is 5.97 Å². The highest BCUT2D eigenvalue weighted by Gasteiger charge is 2.28. The number of nitrogens with zero attached hydrogens (tertiary/aromatic N) is 2. The Balaban J connectivity index is 1.91. The van der Waals surface area contributed by atoms with Gasteiger partial charge < -0.3 is 10.1 Å². The molecule has 31 heavy (non-hydrogen) atoms. The first-order chi connectivity index (χ1) is 15.2. The summed E-state index contributed by atoms with van der Waals surface area (Å²) in [5, 5.41) is 7.40. The maximum absolute atomic E-state index is 13.0. The molecule has 6 nitrogen and oxygen atoms in total. The summed E-state index contributed by atoms with van der Waals surface area (Å²) in [6.07, 6.45) is 0. The molecule has 0 saturated carbocycles. The van der Waals surface area contributed by atoms with Crippen molar-refractivity contribution in [3.05, 3.63) is 102 Å². The molecule has 6 heteroatoms. The van der Waals surface area contributed by atoms with E-state index in [4.69, 9.17) is 4.74 Å². The van der Waals surface area contributed by atoms with Gasteiger partial charge in [-0.2, -0.15) is 0 Å². The molecule has 0 radical (unpaired) electrons. The Kier molecular flexibility index (Phi) is 5.89. The molecule has 0 saturated heterocycles. The zero-order valence-corrected chi connectivity index (χ0v) is 17.0. The van der Waals surface area contributed by atoms with E-state index in [2.05, 4.69) is 10.4 Å². The first-order valence-electron chi connectivity index (χ1n) is 9.96. The number of carbonyl (C=O) groups is 2. The van der Waals surface area contributed by atoms with Crippen LogP contribution >= 0.6 is 0 Å². The second-order valence-electron chi connectivity index (χ2n) is 6.73. The molecule has 1 heterocycles. The standard InChI is InChI=1S/C25H21N3O3/c1-2-31-25(30)21-22(18-12-6-3-7-13-18)28(20-16-10-5-11-17-20)27-23(21)26-24(29)19-14-8-4-9-15-19/h3-17H,2H2,1H3,(H,26,27,29). The Labute approximate surface area is 180 Å².